The third-order valence-electron chi connectivity index (χ3n) is 4.81. The van der Waals surface area contributed by atoms with Crippen LogP contribution in [-0.2, 0) is 15.9 Å². The van der Waals surface area contributed by atoms with E-state index in [1.807, 2.05) is 0 Å². The summed E-state index contributed by atoms with van der Waals surface area (Å²) >= 11 is 5.72. The minimum absolute atomic E-state index is 0.144. The Balaban J connectivity index is 1.78. The fourth-order valence-electron chi connectivity index (χ4n) is 3.56. The van der Waals surface area contributed by atoms with Crippen LogP contribution in [0.3, 0.4) is 0 Å². The summed E-state index contributed by atoms with van der Waals surface area (Å²) in [5.41, 5.74) is 0.835. The number of pyridine rings is 1. The van der Waals surface area contributed by atoms with Gasteiger partial charge in [0, 0.05) is 25.2 Å². The summed E-state index contributed by atoms with van der Waals surface area (Å²) in [5, 5.41) is 0.144. The fourth-order valence-corrected chi connectivity index (χ4v) is 5.14. The van der Waals surface area contributed by atoms with Gasteiger partial charge in [0.05, 0.1) is 0 Å². The highest BCUT2D eigenvalue weighted by molar-refractivity contribution is 7.89. The predicted octanol–water partition coefficient (Wildman–Crippen LogP) is 3.02. The van der Waals surface area contributed by atoms with Crippen molar-refractivity contribution in [2.24, 2.45) is 11.8 Å². The molecule has 1 aromatic heterocycles. The Kier molecular flexibility index (Phi) is 4.52. The molecule has 0 bridgehead atoms. The number of hydrogen-bond donors (Lipinski definition) is 0. The van der Waals surface area contributed by atoms with Gasteiger partial charge < -0.3 is 0 Å². The van der Waals surface area contributed by atoms with Crippen molar-refractivity contribution in [1.29, 1.82) is 0 Å². The molecule has 1 aromatic rings. The largest absolute Gasteiger partial charge is 0.260 e. The summed E-state index contributed by atoms with van der Waals surface area (Å²) in [4.78, 5) is 4.09. The number of rotatable bonds is 3. The number of hydrogen-bond acceptors (Lipinski definition) is 3. The Morgan fingerprint density at radius 2 is 1.95 bits per heavy atom. The zero-order valence-electron chi connectivity index (χ0n) is 12.0. The van der Waals surface area contributed by atoms with Gasteiger partial charge >= 0.3 is 0 Å². The molecule has 2 fully saturated rings. The molecule has 2 atom stereocenters. The first kappa shape index (κ1) is 15.3. The van der Waals surface area contributed by atoms with Gasteiger partial charge in [-0.25, -0.2) is 13.4 Å². The first-order valence-electron chi connectivity index (χ1n) is 7.62. The molecule has 1 saturated carbocycles. The van der Waals surface area contributed by atoms with Crippen LogP contribution < -0.4 is 0 Å². The molecular weight excluding hydrogens is 308 g/mol. The molecule has 1 aliphatic carbocycles. The summed E-state index contributed by atoms with van der Waals surface area (Å²) in [5.74, 6) is 1.60. The normalized spacial score (nSPS) is 27.3. The Bertz CT molecular complexity index is 588. The molecule has 2 unspecified atom stereocenters. The van der Waals surface area contributed by atoms with Crippen molar-refractivity contribution in [3.63, 3.8) is 0 Å². The number of aromatic nitrogens is 1. The summed E-state index contributed by atoms with van der Waals surface area (Å²) in [6.07, 6.45) is 7.50. The smallest absolute Gasteiger partial charge is 0.243 e. The fraction of sp³-hybridized carbons (Fsp3) is 0.667. The summed E-state index contributed by atoms with van der Waals surface area (Å²) in [6, 6.07) is 3.31. The number of nitrogens with zero attached hydrogens (tertiary/aromatic N) is 2. The predicted molar refractivity (Wildman–Crippen MR) is 82.6 cm³/mol. The van der Waals surface area contributed by atoms with Gasteiger partial charge in [0.15, 0.2) is 5.03 Å². The van der Waals surface area contributed by atoms with Gasteiger partial charge in [0.25, 0.3) is 10.0 Å². The van der Waals surface area contributed by atoms with Crippen LogP contribution in [0.15, 0.2) is 23.4 Å². The molecule has 1 saturated heterocycles. The lowest BCUT2D eigenvalue weighted by Crippen LogP contribution is -2.44. The van der Waals surface area contributed by atoms with Crippen molar-refractivity contribution >= 4 is 21.6 Å². The van der Waals surface area contributed by atoms with Crippen molar-refractivity contribution in [1.82, 2.24) is 9.29 Å². The second-order valence-electron chi connectivity index (χ2n) is 6.09. The van der Waals surface area contributed by atoms with Gasteiger partial charge in [0.1, 0.15) is 0 Å². The number of alkyl halides is 1. The van der Waals surface area contributed by atoms with E-state index in [9.17, 15) is 8.42 Å². The molecule has 0 N–H and O–H groups in total. The lowest BCUT2D eigenvalue weighted by Gasteiger charge is -2.40. The van der Waals surface area contributed by atoms with E-state index < -0.39 is 10.0 Å². The minimum atomic E-state index is -3.46. The monoisotopic (exact) mass is 328 g/mol. The first-order valence-corrected chi connectivity index (χ1v) is 9.60. The topological polar surface area (TPSA) is 50.3 Å². The Morgan fingerprint density at radius 3 is 2.62 bits per heavy atom. The van der Waals surface area contributed by atoms with Crippen LogP contribution in [0.25, 0.3) is 0 Å². The summed E-state index contributed by atoms with van der Waals surface area (Å²) in [7, 11) is -3.46. The summed E-state index contributed by atoms with van der Waals surface area (Å²) in [6.45, 7) is 1.29. The van der Waals surface area contributed by atoms with Crippen molar-refractivity contribution in [2.75, 3.05) is 13.1 Å². The quantitative estimate of drug-likeness (QED) is 0.801. The maximum absolute atomic E-state index is 12.7. The van der Waals surface area contributed by atoms with Gasteiger partial charge in [-0.3, -0.25) is 0 Å². The van der Waals surface area contributed by atoms with E-state index in [4.69, 9.17) is 11.6 Å². The van der Waals surface area contributed by atoms with Crippen molar-refractivity contribution in [3.05, 3.63) is 23.9 Å². The van der Waals surface area contributed by atoms with Gasteiger partial charge in [-0.2, -0.15) is 4.31 Å². The van der Waals surface area contributed by atoms with E-state index in [1.54, 1.807) is 22.6 Å². The third-order valence-corrected chi connectivity index (χ3v) is 6.90. The molecule has 6 heteroatoms. The highest BCUT2D eigenvalue weighted by Crippen LogP contribution is 2.37. The summed E-state index contributed by atoms with van der Waals surface area (Å²) < 4.78 is 27.0. The van der Waals surface area contributed by atoms with Crippen LogP contribution in [0.5, 0.6) is 0 Å². The van der Waals surface area contributed by atoms with Gasteiger partial charge in [0.2, 0.25) is 0 Å². The number of halogens is 1. The van der Waals surface area contributed by atoms with E-state index in [0.29, 0.717) is 24.9 Å². The number of sulfonamides is 1. The Labute approximate surface area is 131 Å². The molecule has 0 aromatic carbocycles. The second kappa shape index (κ2) is 6.23. The second-order valence-corrected chi connectivity index (χ2v) is 8.25. The SMILES string of the molecule is O=S(=O)(c1ccc(CCl)cn1)N1CCC2CCCCC2C1. The van der Waals surface area contributed by atoms with Gasteiger partial charge in [-0.05, 0) is 36.3 Å². The molecule has 0 radical (unpaired) electrons. The third kappa shape index (κ3) is 3.10. The first-order chi connectivity index (χ1) is 10.1. The standard InChI is InChI=1S/C15H21ClN2O2S/c16-9-12-5-6-15(17-10-12)21(19,20)18-8-7-13-3-1-2-4-14(13)11-18/h5-6,10,13-14H,1-4,7-9,11H2. The van der Waals surface area contributed by atoms with Crippen molar-refractivity contribution in [3.8, 4) is 0 Å². The zero-order valence-corrected chi connectivity index (χ0v) is 13.6. The zero-order chi connectivity index (χ0) is 14.9. The van der Waals surface area contributed by atoms with Gasteiger partial charge in [-0.1, -0.05) is 25.3 Å². The van der Waals surface area contributed by atoms with Crippen molar-refractivity contribution < 1.29 is 8.42 Å². The van der Waals surface area contributed by atoms with Crippen LogP contribution in [0.2, 0.25) is 0 Å². The Morgan fingerprint density at radius 1 is 1.19 bits per heavy atom. The van der Waals surface area contributed by atoms with E-state index in [1.165, 1.54) is 19.3 Å². The van der Waals surface area contributed by atoms with E-state index >= 15 is 0 Å². The molecule has 116 valence electrons. The molecule has 21 heavy (non-hydrogen) atoms. The molecule has 2 aliphatic rings. The molecule has 0 spiro atoms. The molecule has 1 aliphatic heterocycles. The number of fused-ring (bicyclic) bond motifs is 1. The van der Waals surface area contributed by atoms with Crippen LogP contribution in [0.1, 0.15) is 37.7 Å². The molecule has 2 heterocycles. The molecule has 4 nitrogen and oxygen atoms in total. The lowest BCUT2D eigenvalue weighted by molar-refractivity contribution is 0.136. The highest BCUT2D eigenvalue weighted by Gasteiger charge is 2.36. The molecule has 3 rings (SSSR count). The van der Waals surface area contributed by atoms with Crippen LogP contribution in [0, 0.1) is 11.8 Å². The van der Waals surface area contributed by atoms with Crippen LogP contribution in [0.4, 0.5) is 0 Å². The minimum Gasteiger partial charge on any atom is -0.243 e. The maximum Gasteiger partial charge on any atom is 0.260 e. The highest BCUT2D eigenvalue weighted by atomic mass is 35.5. The van der Waals surface area contributed by atoms with E-state index in [-0.39, 0.29) is 5.03 Å². The number of piperidine rings is 1. The lowest BCUT2D eigenvalue weighted by atomic mass is 9.76. The average molecular weight is 329 g/mol. The molecular formula is C15H21ClN2O2S. The van der Waals surface area contributed by atoms with E-state index in [2.05, 4.69) is 4.98 Å². The van der Waals surface area contributed by atoms with E-state index in [0.717, 1.165) is 24.3 Å². The molecule has 0 amide bonds. The van der Waals surface area contributed by atoms with Crippen LogP contribution in [-0.4, -0.2) is 30.8 Å². The van der Waals surface area contributed by atoms with Crippen LogP contribution >= 0.6 is 11.6 Å². The maximum atomic E-state index is 12.7. The average Bonchev–Trinajstić information content (AvgIpc) is 2.54. The van der Waals surface area contributed by atoms with Gasteiger partial charge in [-0.15, -0.1) is 11.6 Å². The Hall–Kier alpha value is -0.650. The van der Waals surface area contributed by atoms with Crippen molar-refractivity contribution in [2.45, 2.75) is 43.0 Å².